The molecule has 2 aliphatic rings. The van der Waals surface area contributed by atoms with E-state index >= 15 is 0 Å². The highest BCUT2D eigenvalue weighted by Gasteiger charge is 2.55. The Morgan fingerprint density at radius 1 is 0.861 bits per heavy atom. The molecule has 1 saturated heterocycles. The molecular weight excluding hydrogens is 975 g/mol. The summed E-state index contributed by atoms with van der Waals surface area (Å²) >= 11 is 7.06. The number of nitrogens with one attached hydrogen (secondary N) is 3. The lowest BCUT2D eigenvalue weighted by molar-refractivity contribution is -0.154. The van der Waals surface area contributed by atoms with Crippen molar-refractivity contribution in [2.75, 3.05) is 18.2 Å². The van der Waals surface area contributed by atoms with Gasteiger partial charge in [-0.25, -0.2) is 14.9 Å². The number of primary amides is 1. The third-order valence-electron chi connectivity index (χ3n) is 11.8. The van der Waals surface area contributed by atoms with Gasteiger partial charge in [0.25, 0.3) is 11.8 Å². The Bertz CT molecular complexity index is 3230. The average Bonchev–Trinajstić information content (AvgIpc) is 3.88. The molecule has 7 aromatic rings. The van der Waals surface area contributed by atoms with Gasteiger partial charge in [-0.15, -0.1) is 35.7 Å². The summed E-state index contributed by atoms with van der Waals surface area (Å²) in [6.07, 6.45) is 0.470. The number of rotatable bonds is 17. The minimum absolute atomic E-state index is 0.0478. The van der Waals surface area contributed by atoms with E-state index in [0.717, 1.165) is 21.3 Å². The van der Waals surface area contributed by atoms with E-state index in [1.54, 1.807) is 53.9 Å². The number of nitrogens with zero attached hydrogens (tertiary/aromatic N) is 5. The normalized spacial score (nSPS) is 15.9. The van der Waals surface area contributed by atoms with Gasteiger partial charge in [0.15, 0.2) is 22.8 Å². The highest BCUT2D eigenvalue weighted by Crippen LogP contribution is 2.44. The third-order valence-corrected chi connectivity index (χ3v) is 14.2. The molecule has 5 N–H and O–H groups in total. The number of carbonyl (C=O) groups is 4. The fraction of sp³-hybridized carbons (Fsp3) is 0.135. The molecule has 2 aromatic heterocycles. The van der Waals surface area contributed by atoms with Gasteiger partial charge in [-0.3, -0.25) is 33.4 Å². The number of oxime groups is 1. The van der Waals surface area contributed by atoms with Gasteiger partial charge in [-0.1, -0.05) is 157 Å². The first-order chi connectivity index (χ1) is 35.0. The van der Waals surface area contributed by atoms with Gasteiger partial charge in [0.05, 0.1) is 0 Å². The van der Waals surface area contributed by atoms with Gasteiger partial charge in [-0.05, 0) is 39.5 Å². The minimum atomic E-state index is -1.16. The molecule has 362 valence electrons. The molecule has 0 aliphatic carbocycles. The van der Waals surface area contributed by atoms with Crippen LogP contribution in [0.2, 0.25) is 0 Å². The summed E-state index contributed by atoms with van der Waals surface area (Å²) in [5.41, 5.74) is 6.39. The number of aromatic amines is 1. The molecule has 9 rings (SSSR count). The summed E-state index contributed by atoms with van der Waals surface area (Å²) in [7, 11) is 1.29. The lowest BCUT2D eigenvalue weighted by Crippen LogP contribution is -2.71. The summed E-state index contributed by atoms with van der Waals surface area (Å²) in [5.74, 6) is -3.44. The van der Waals surface area contributed by atoms with E-state index in [1.807, 2.05) is 103 Å². The van der Waals surface area contributed by atoms with Crippen molar-refractivity contribution in [3.63, 3.8) is 0 Å². The molecule has 5 aromatic carbocycles. The number of aromatic nitrogens is 4. The second kappa shape index (κ2) is 21.3. The van der Waals surface area contributed by atoms with Crippen molar-refractivity contribution in [3.05, 3.63) is 234 Å². The monoisotopic (exact) mass is 1020 g/mol. The number of allylic oxidation sites excluding steroid dienone is 1. The smallest absolute Gasteiger partial charge is 0.356 e. The average molecular weight is 1020 g/mol. The number of thiol groups is 1. The fourth-order valence-corrected chi connectivity index (χ4v) is 10.9. The van der Waals surface area contributed by atoms with Crippen LogP contribution in [0.4, 0.5) is 5.13 Å². The predicted octanol–water partition coefficient (Wildman–Crippen LogP) is 5.59. The molecule has 2 aliphatic heterocycles. The van der Waals surface area contributed by atoms with E-state index in [0.29, 0.717) is 16.3 Å². The van der Waals surface area contributed by atoms with Crippen molar-refractivity contribution in [1.29, 1.82) is 0 Å². The number of thioether (sulfide) groups is 1. The van der Waals surface area contributed by atoms with E-state index in [9.17, 15) is 28.8 Å². The number of hydrogen-bond acceptors (Lipinski definition) is 15. The molecule has 2 atom stereocenters. The molecule has 72 heavy (non-hydrogen) atoms. The Morgan fingerprint density at radius 2 is 1.40 bits per heavy atom. The maximum atomic E-state index is 14.8. The van der Waals surface area contributed by atoms with Crippen LogP contribution in [0.25, 0.3) is 4.91 Å². The second-order valence-corrected chi connectivity index (χ2v) is 18.7. The van der Waals surface area contributed by atoms with E-state index in [2.05, 4.69) is 38.6 Å². The highest BCUT2D eigenvalue weighted by atomic mass is 32.2. The van der Waals surface area contributed by atoms with Crippen LogP contribution in [0, 0.1) is 0 Å². The minimum Gasteiger partial charge on any atom is -0.448 e. The quantitative estimate of drug-likeness (QED) is 0.0143. The summed E-state index contributed by atoms with van der Waals surface area (Å²) in [5, 5.41) is 17.9. The summed E-state index contributed by atoms with van der Waals surface area (Å²) < 4.78 is 7.04. The number of thiazole rings is 1. The zero-order chi connectivity index (χ0) is 50.4. The molecular formula is C52H43N9O8S3. The van der Waals surface area contributed by atoms with Crippen LogP contribution < -0.4 is 27.5 Å². The topological polar surface area (TPSA) is 233 Å². The predicted molar refractivity (Wildman–Crippen MR) is 277 cm³/mol. The molecule has 0 saturated carbocycles. The summed E-state index contributed by atoms with van der Waals surface area (Å²) in [4.78, 5) is 91.8. The number of nitrogens with two attached hydrogens (primary N) is 1. The van der Waals surface area contributed by atoms with E-state index in [-0.39, 0.29) is 39.2 Å². The van der Waals surface area contributed by atoms with Gasteiger partial charge < -0.3 is 25.9 Å². The number of hydrogen-bond donors (Lipinski definition) is 5. The maximum absolute atomic E-state index is 14.8. The number of benzene rings is 5. The van der Waals surface area contributed by atoms with Crippen molar-refractivity contribution in [3.8, 4) is 0 Å². The molecule has 2 unspecified atom stereocenters. The van der Waals surface area contributed by atoms with Crippen molar-refractivity contribution in [2.24, 2.45) is 10.9 Å². The van der Waals surface area contributed by atoms with E-state index < -0.39 is 64.4 Å². The first-order valence-corrected chi connectivity index (χ1v) is 24.6. The van der Waals surface area contributed by atoms with E-state index in [4.69, 9.17) is 20.3 Å². The maximum Gasteiger partial charge on any atom is 0.356 e. The zero-order valence-corrected chi connectivity index (χ0v) is 40.6. The number of esters is 1. The standard InChI is InChI=1S/C52H43N9O8S3/c1-68-59-40(37-30-72-51(54-37)56-52(34-21-11-4-12-22-34,35-23-13-5-14-24-35)36-25-15-6-16-26-36)45(63)55-41-47(65)61-42(50(67)69-43(31-17-7-2-8-18-31)32-19-9-3-10-20-32)33(29-71-49(41)61)27-38(70)44-57-58-46(64)48(66)60(44)28-39(53)62/h2-27,30,41,43,49,70H,28-29H2,1H3,(H2,53,62)(H,54,56)(H,55,63)(H,58,64). The summed E-state index contributed by atoms with van der Waals surface area (Å²) in [6.45, 7) is -0.696. The van der Waals surface area contributed by atoms with Crippen LogP contribution in [0.5, 0.6) is 0 Å². The molecule has 4 heterocycles. The molecule has 0 bridgehead atoms. The Balaban J connectivity index is 1.03. The SMILES string of the molecule is CON=C(C(=O)NC1C(=O)N2C(C(=O)OC(c3ccccc3)c3ccccc3)=C(C=C(S)c3n[nH]c(=O)c(=O)n3CC(N)=O)CSC12)c1csc(NC(c2ccccc2)(c2ccccc2)c2ccccc2)n1. The highest BCUT2D eigenvalue weighted by molar-refractivity contribution is 8.00. The number of anilines is 1. The number of carbonyl (C=O) groups excluding carboxylic acids is 4. The molecule has 0 spiro atoms. The Morgan fingerprint density at radius 3 is 1.93 bits per heavy atom. The van der Waals surface area contributed by atoms with Gasteiger partial charge in [-0.2, -0.15) is 5.10 Å². The largest absolute Gasteiger partial charge is 0.448 e. The van der Waals surface area contributed by atoms with Crippen molar-refractivity contribution in [1.82, 2.24) is 30.0 Å². The Kier molecular flexibility index (Phi) is 14.4. The van der Waals surface area contributed by atoms with Crippen LogP contribution >= 0.6 is 35.7 Å². The lowest BCUT2D eigenvalue weighted by Gasteiger charge is -2.49. The Hall–Kier alpha value is -8.33. The fourth-order valence-electron chi connectivity index (χ4n) is 8.54. The lowest BCUT2D eigenvalue weighted by atomic mass is 9.77. The van der Waals surface area contributed by atoms with Gasteiger partial charge in [0.2, 0.25) is 5.91 Å². The van der Waals surface area contributed by atoms with Crippen molar-refractivity contribution >= 4 is 75.2 Å². The van der Waals surface area contributed by atoms with Crippen LogP contribution in [0.15, 0.2) is 189 Å². The zero-order valence-electron chi connectivity index (χ0n) is 38.1. The Labute approximate surface area is 424 Å². The number of amides is 3. The van der Waals surface area contributed by atoms with Crippen LogP contribution in [-0.2, 0) is 40.8 Å². The third kappa shape index (κ3) is 9.74. The number of fused-ring (bicyclic) bond motifs is 1. The van der Waals surface area contributed by atoms with Crippen LogP contribution in [-0.4, -0.2) is 78.3 Å². The van der Waals surface area contributed by atoms with E-state index in [1.165, 1.54) is 41.2 Å². The molecule has 0 radical (unpaired) electrons. The van der Waals surface area contributed by atoms with Gasteiger partial charge >= 0.3 is 17.1 Å². The number of H-pyrrole nitrogens is 1. The van der Waals surface area contributed by atoms with Crippen molar-refractivity contribution < 1.29 is 28.8 Å². The second-order valence-electron chi connectivity index (χ2n) is 16.2. The first-order valence-electron chi connectivity index (χ1n) is 22.2. The number of β-lactam (4-membered cyclic amide) rings is 1. The molecule has 1 fully saturated rings. The van der Waals surface area contributed by atoms with Gasteiger partial charge in [0.1, 0.15) is 42.0 Å². The molecule has 20 heteroatoms. The first kappa shape index (κ1) is 48.7. The van der Waals surface area contributed by atoms with Gasteiger partial charge in [0, 0.05) is 16.0 Å². The van der Waals surface area contributed by atoms with Crippen molar-refractivity contribution in [2.45, 2.75) is 29.6 Å². The number of ether oxygens (including phenoxy) is 1. The molecule has 3 amide bonds. The molecule has 17 nitrogen and oxygen atoms in total. The summed E-state index contributed by atoms with van der Waals surface area (Å²) in [6, 6.07) is 46.8. The van der Waals surface area contributed by atoms with Crippen LogP contribution in [0.3, 0.4) is 0 Å². The van der Waals surface area contributed by atoms with Crippen LogP contribution in [0.1, 0.15) is 45.4 Å².